The van der Waals surface area contributed by atoms with Gasteiger partial charge in [-0.3, -0.25) is 4.79 Å². The van der Waals surface area contributed by atoms with Crippen molar-refractivity contribution in [2.45, 2.75) is 6.92 Å². The van der Waals surface area contributed by atoms with Crippen molar-refractivity contribution in [3.8, 4) is 0 Å². The fourth-order valence-corrected chi connectivity index (χ4v) is 3.29. The van der Waals surface area contributed by atoms with E-state index in [0.29, 0.717) is 23.7 Å². The second-order valence-electron chi connectivity index (χ2n) is 4.58. The SMILES string of the molecule is C=CCN(CC=C)C(=O)c1sc2c(C)cccc2c1N. The molecule has 2 N–H and O–H groups in total. The number of nitrogen functional groups attached to an aromatic ring is 1. The third kappa shape index (κ3) is 2.47. The molecule has 1 aromatic carbocycles. The number of rotatable bonds is 5. The molecule has 0 aliphatic rings. The Morgan fingerprint density at radius 3 is 2.55 bits per heavy atom. The Kier molecular flexibility index (Phi) is 4.25. The number of hydrogen-bond donors (Lipinski definition) is 1. The lowest BCUT2D eigenvalue weighted by Gasteiger charge is -2.18. The summed E-state index contributed by atoms with van der Waals surface area (Å²) in [7, 11) is 0. The molecule has 0 aliphatic carbocycles. The fourth-order valence-electron chi connectivity index (χ4n) is 2.13. The number of benzene rings is 1. The quantitative estimate of drug-likeness (QED) is 0.854. The first-order valence-corrected chi connectivity index (χ1v) is 7.20. The van der Waals surface area contributed by atoms with Crippen LogP contribution in [0.5, 0.6) is 0 Å². The van der Waals surface area contributed by atoms with E-state index < -0.39 is 0 Å². The molecule has 0 saturated heterocycles. The summed E-state index contributed by atoms with van der Waals surface area (Å²) in [5.74, 6) is -0.0668. The average Bonchev–Trinajstić information content (AvgIpc) is 2.77. The predicted octanol–water partition coefficient (Wildman–Crippen LogP) is 3.61. The smallest absolute Gasteiger partial charge is 0.266 e. The number of nitrogens with zero attached hydrogens (tertiary/aromatic N) is 1. The van der Waals surface area contributed by atoms with Crippen LogP contribution in [-0.2, 0) is 0 Å². The van der Waals surface area contributed by atoms with Gasteiger partial charge < -0.3 is 10.6 Å². The number of nitrogens with two attached hydrogens (primary N) is 1. The van der Waals surface area contributed by atoms with Crippen LogP contribution in [0.4, 0.5) is 5.69 Å². The summed E-state index contributed by atoms with van der Waals surface area (Å²) in [5, 5.41) is 0.954. The standard InChI is InChI=1S/C16H18N2OS/c1-4-9-18(10-5-2)16(19)15-13(17)12-8-6-7-11(3)14(12)20-15/h4-8H,1-2,9-10,17H2,3H3. The Balaban J connectivity index is 2.48. The number of hydrogen-bond acceptors (Lipinski definition) is 3. The van der Waals surface area contributed by atoms with E-state index in [1.165, 1.54) is 11.3 Å². The van der Waals surface area contributed by atoms with Gasteiger partial charge in [0.1, 0.15) is 4.88 Å². The maximum absolute atomic E-state index is 12.6. The minimum absolute atomic E-state index is 0.0668. The number of anilines is 1. The number of carbonyl (C=O) groups is 1. The van der Waals surface area contributed by atoms with Crippen molar-refractivity contribution in [3.63, 3.8) is 0 Å². The van der Waals surface area contributed by atoms with E-state index in [2.05, 4.69) is 13.2 Å². The molecule has 0 spiro atoms. The van der Waals surface area contributed by atoms with Crippen molar-refractivity contribution in [3.05, 3.63) is 53.9 Å². The molecule has 1 heterocycles. The molecule has 0 fully saturated rings. The van der Waals surface area contributed by atoms with Crippen molar-refractivity contribution in [2.24, 2.45) is 0 Å². The van der Waals surface area contributed by atoms with Crippen LogP contribution in [0.15, 0.2) is 43.5 Å². The molecule has 2 rings (SSSR count). The molecule has 1 amide bonds. The van der Waals surface area contributed by atoms with E-state index in [0.717, 1.165) is 15.6 Å². The maximum atomic E-state index is 12.6. The summed E-state index contributed by atoms with van der Waals surface area (Å²) < 4.78 is 1.07. The summed E-state index contributed by atoms with van der Waals surface area (Å²) in [5.41, 5.74) is 7.85. The van der Waals surface area contributed by atoms with Crippen molar-refractivity contribution in [1.29, 1.82) is 0 Å². The van der Waals surface area contributed by atoms with Crippen LogP contribution in [0.25, 0.3) is 10.1 Å². The highest BCUT2D eigenvalue weighted by atomic mass is 32.1. The van der Waals surface area contributed by atoms with Crippen LogP contribution in [0, 0.1) is 6.92 Å². The van der Waals surface area contributed by atoms with Gasteiger partial charge in [-0.2, -0.15) is 0 Å². The number of thiophene rings is 1. The molecule has 0 aliphatic heterocycles. The minimum atomic E-state index is -0.0668. The maximum Gasteiger partial charge on any atom is 0.266 e. The Bertz CT molecular complexity index is 662. The molecule has 0 saturated carbocycles. The summed E-state index contributed by atoms with van der Waals surface area (Å²) >= 11 is 1.45. The molecule has 0 radical (unpaired) electrons. The lowest BCUT2D eigenvalue weighted by molar-refractivity contribution is 0.0796. The van der Waals surface area contributed by atoms with Crippen molar-refractivity contribution >= 4 is 33.0 Å². The zero-order valence-corrected chi connectivity index (χ0v) is 12.4. The van der Waals surface area contributed by atoms with Gasteiger partial charge in [0.05, 0.1) is 5.69 Å². The summed E-state index contributed by atoms with van der Waals surface area (Å²) in [6.07, 6.45) is 3.41. The molecule has 20 heavy (non-hydrogen) atoms. The Morgan fingerprint density at radius 2 is 2.00 bits per heavy atom. The summed E-state index contributed by atoms with van der Waals surface area (Å²) in [6, 6.07) is 5.94. The van der Waals surface area contributed by atoms with Crippen molar-refractivity contribution < 1.29 is 4.79 Å². The minimum Gasteiger partial charge on any atom is -0.397 e. The van der Waals surface area contributed by atoms with Gasteiger partial charge in [-0.15, -0.1) is 24.5 Å². The first-order chi connectivity index (χ1) is 9.60. The zero-order chi connectivity index (χ0) is 14.7. The monoisotopic (exact) mass is 286 g/mol. The van der Waals surface area contributed by atoms with Gasteiger partial charge >= 0.3 is 0 Å². The lowest BCUT2D eigenvalue weighted by Crippen LogP contribution is -2.31. The molecule has 0 bridgehead atoms. The normalized spacial score (nSPS) is 10.4. The van der Waals surface area contributed by atoms with E-state index in [4.69, 9.17) is 5.73 Å². The molecule has 104 valence electrons. The van der Waals surface area contributed by atoms with E-state index in [9.17, 15) is 4.79 Å². The van der Waals surface area contributed by atoms with Crippen molar-refractivity contribution in [1.82, 2.24) is 4.90 Å². The van der Waals surface area contributed by atoms with Gasteiger partial charge in [0.25, 0.3) is 5.91 Å². The van der Waals surface area contributed by atoms with Gasteiger partial charge in [-0.25, -0.2) is 0 Å². The zero-order valence-electron chi connectivity index (χ0n) is 11.6. The number of carbonyl (C=O) groups excluding carboxylic acids is 1. The van der Waals surface area contributed by atoms with Crippen molar-refractivity contribution in [2.75, 3.05) is 18.8 Å². The van der Waals surface area contributed by atoms with Crippen LogP contribution in [-0.4, -0.2) is 23.9 Å². The van der Waals surface area contributed by atoms with Gasteiger partial charge in [0.2, 0.25) is 0 Å². The Morgan fingerprint density at radius 1 is 1.35 bits per heavy atom. The molecule has 1 aromatic heterocycles. The molecule has 2 aromatic rings. The second-order valence-corrected chi connectivity index (χ2v) is 5.60. The van der Waals surface area contributed by atoms with Crippen LogP contribution in [0.3, 0.4) is 0 Å². The molecular weight excluding hydrogens is 268 g/mol. The Hall–Kier alpha value is -2.07. The van der Waals surface area contributed by atoms with Crippen LogP contribution in [0.2, 0.25) is 0 Å². The highest BCUT2D eigenvalue weighted by Gasteiger charge is 2.21. The molecule has 0 unspecified atom stereocenters. The topological polar surface area (TPSA) is 46.3 Å². The predicted molar refractivity (Wildman–Crippen MR) is 87.3 cm³/mol. The third-order valence-corrected chi connectivity index (χ3v) is 4.48. The molecular formula is C16H18N2OS. The number of fused-ring (bicyclic) bond motifs is 1. The van der Waals surface area contributed by atoms with Gasteiger partial charge in [0, 0.05) is 23.2 Å². The first kappa shape index (κ1) is 14.3. The molecule has 0 atom stereocenters. The molecule has 3 nitrogen and oxygen atoms in total. The summed E-state index contributed by atoms with van der Waals surface area (Å²) in [6.45, 7) is 10.4. The van der Waals surface area contributed by atoms with Gasteiger partial charge in [-0.1, -0.05) is 30.4 Å². The highest BCUT2D eigenvalue weighted by Crippen LogP contribution is 2.36. The largest absolute Gasteiger partial charge is 0.397 e. The van der Waals surface area contributed by atoms with E-state index in [1.54, 1.807) is 17.1 Å². The second kappa shape index (κ2) is 5.92. The number of amides is 1. The summed E-state index contributed by atoms with van der Waals surface area (Å²) in [4.78, 5) is 14.9. The van der Waals surface area contributed by atoms with Crippen LogP contribution in [0.1, 0.15) is 15.2 Å². The third-order valence-electron chi connectivity index (χ3n) is 3.13. The lowest BCUT2D eigenvalue weighted by atomic mass is 10.1. The van der Waals surface area contributed by atoms with E-state index in [-0.39, 0.29) is 5.91 Å². The Labute approximate surface area is 123 Å². The van der Waals surface area contributed by atoms with E-state index >= 15 is 0 Å². The van der Waals surface area contributed by atoms with Gasteiger partial charge in [-0.05, 0) is 12.5 Å². The van der Waals surface area contributed by atoms with Crippen LogP contribution < -0.4 is 5.73 Å². The first-order valence-electron chi connectivity index (χ1n) is 6.38. The van der Waals surface area contributed by atoms with E-state index in [1.807, 2.05) is 25.1 Å². The average molecular weight is 286 g/mol. The highest BCUT2D eigenvalue weighted by molar-refractivity contribution is 7.21. The van der Waals surface area contributed by atoms with Gasteiger partial charge in [0.15, 0.2) is 0 Å². The van der Waals surface area contributed by atoms with Crippen LogP contribution >= 0.6 is 11.3 Å². The molecule has 4 heteroatoms. The number of aryl methyl sites for hydroxylation is 1. The fraction of sp³-hybridized carbons (Fsp3) is 0.188.